The third-order valence-electron chi connectivity index (χ3n) is 2.79. The van der Waals surface area contributed by atoms with Crippen molar-refractivity contribution in [2.24, 2.45) is 0 Å². The fourth-order valence-electron chi connectivity index (χ4n) is 1.77. The Hall–Kier alpha value is -2.21. The van der Waals surface area contributed by atoms with Crippen LogP contribution in [0.5, 0.6) is 0 Å². The summed E-state index contributed by atoms with van der Waals surface area (Å²) in [5, 5.41) is 5.52. The highest BCUT2D eigenvalue weighted by atomic mass is 79.9. The molecular weight excluding hydrogens is 334 g/mol. The van der Waals surface area contributed by atoms with Gasteiger partial charge in [-0.2, -0.15) is 0 Å². The van der Waals surface area contributed by atoms with Crippen LogP contribution in [-0.4, -0.2) is 16.8 Å². The van der Waals surface area contributed by atoms with Crippen LogP contribution in [0.25, 0.3) is 0 Å². The first-order valence-electron chi connectivity index (χ1n) is 6.27. The van der Waals surface area contributed by atoms with Crippen LogP contribution < -0.4 is 10.6 Å². The fourth-order valence-corrected chi connectivity index (χ4v) is 2.14. The minimum atomic E-state index is -0.240. The second kappa shape index (κ2) is 6.49. The molecule has 5 nitrogen and oxygen atoms in total. The van der Waals surface area contributed by atoms with E-state index in [9.17, 15) is 9.59 Å². The summed E-state index contributed by atoms with van der Waals surface area (Å²) in [6.45, 7) is 3.33. The van der Waals surface area contributed by atoms with E-state index in [4.69, 9.17) is 0 Å². The minimum absolute atomic E-state index is 0.153. The first kappa shape index (κ1) is 15.2. The summed E-state index contributed by atoms with van der Waals surface area (Å²) in [5.41, 5.74) is 2.71. The number of carbonyl (C=O) groups excluding carboxylic acids is 2. The van der Waals surface area contributed by atoms with Gasteiger partial charge in [0.15, 0.2) is 0 Å². The minimum Gasteiger partial charge on any atom is -0.326 e. The van der Waals surface area contributed by atoms with E-state index >= 15 is 0 Å². The number of nitrogens with zero attached hydrogens (tertiary/aromatic N) is 1. The summed E-state index contributed by atoms with van der Waals surface area (Å²) in [6, 6.07) is 8.62. The van der Waals surface area contributed by atoms with Gasteiger partial charge in [0.25, 0.3) is 5.91 Å². The molecule has 0 saturated heterocycles. The van der Waals surface area contributed by atoms with E-state index in [1.165, 1.54) is 6.92 Å². The lowest BCUT2D eigenvalue weighted by atomic mass is 10.1. The monoisotopic (exact) mass is 347 g/mol. The van der Waals surface area contributed by atoms with E-state index in [1.54, 1.807) is 30.5 Å². The van der Waals surface area contributed by atoms with Gasteiger partial charge in [-0.25, -0.2) is 4.98 Å². The summed E-state index contributed by atoms with van der Waals surface area (Å²) in [6.07, 6.45) is 1.55. The summed E-state index contributed by atoms with van der Waals surface area (Å²) < 4.78 is 0.595. The number of anilines is 2. The maximum atomic E-state index is 12.1. The molecular formula is C15H14BrN3O2. The van der Waals surface area contributed by atoms with Crippen LogP contribution in [0, 0.1) is 6.92 Å². The number of rotatable bonds is 3. The molecule has 0 radical (unpaired) electrons. The Morgan fingerprint density at radius 3 is 2.57 bits per heavy atom. The zero-order chi connectivity index (χ0) is 15.4. The highest BCUT2D eigenvalue weighted by Gasteiger charge is 2.08. The van der Waals surface area contributed by atoms with E-state index in [1.807, 2.05) is 13.0 Å². The lowest BCUT2D eigenvalue weighted by Crippen LogP contribution is -2.13. The van der Waals surface area contributed by atoms with Crippen LogP contribution in [0.2, 0.25) is 0 Å². The van der Waals surface area contributed by atoms with Crippen molar-refractivity contribution < 1.29 is 9.59 Å². The molecule has 1 aromatic heterocycles. The molecule has 0 saturated carbocycles. The van der Waals surface area contributed by atoms with Crippen molar-refractivity contribution in [3.8, 4) is 0 Å². The molecule has 2 aromatic rings. The molecule has 2 rings (SSSR count). The van der Waals surface area contributed by atoms with Gasteiger partial charge in [-0.05, 0) is 52.7 Å². The van der Waals surface area contributed by atoms with Crippen molar-refractivity contribution >= 4 is 39.1 Å². The highest BCUT2D eigenvalue weighted by molar-refractivity contribution is 9.10. The smallest absolute Gasteiger partial charge is 0.255 e. The van der Waals surface area contributed by atoms with E-state index in [-0.39, 0.29) is 11.8 Å². The molecule has 1 heterocycles. The number of carbonyl (C=O) groups is 2. The Kier molecular flexibility index (Phi) is 4.70. The predicted octanol–water partition coefficient (Wildman–Crippen LogP) is 3.36. The highest BCUT2D eigenvalue weighted by Crippen LogP contribution is 2.21. The first-order chi connectivity index (χ1) is 9.95. The van der Waals surface area contributed by atoms with Crippen molar-refractivity contribution in [1.82, 2.24) is 4.98 Å². The number of nitrogens with one attached hydrogen (secondary N) is 2. The number of aromatic nitrogens is 1. The van der Waals surface area contributed by atoms with Gasteiger partial charge in [-0.1, -0.05) is 6.07 Å². The third kappa shape index (κ3) is 4.13. The lowest BCUT2D eigenvalue weighted by molar-refractivity contribution is -0.114. The molecule has 0 aliphatic carbocycles. The van der Waals surface area contributed by atoms with Gasteiger partial charge in [-0.3, -0.25) is 9.59 Å². The van der Waals surface area contributed by atoms with Gasteiger partial charge < -0.3 is 10.6 Å². The number of hydrogen-bond acceptors (Lipinski definition) is 3. The summed E-state index contributed by atoms with van der Waals surface area (Å²) in [7, 11) is 0. The number of benzene rings is 1. The molecule has 21 heavy (non-hydrogen) atoms. The van der Waals surface area contributed by atoms with Gasteiger partial charge in [0.05, 0.1) is 0 Å². The average Bonchev–Trinajstić information content (AvgIpc) is 2.42. The average molecular weight is 348 g/mol. The standard InChI is InChI=1S/C15H14BrN3O2/c1-9-3-4-12(8-13(9)18-10(2)20)19-15(21)11-5-6-17-14(16)7-11/h3-8H,1-2H3,(H,18,20)(H,19,21). The second-order valence-corrected chi connectivity index (χ2v) is 5.34. The van der Waals surface area contributed by atoms with Gasteiger partial charge in [-0.15, -0.1) is 0 Å². The molecule has 0 fully saturated rings. The molecule has 0 spiro atoms. The van der Waals surface area contributed by atoms with E-state index < -0.39 is 0 Å². The Labute approximate surface area is 130 Å². The van der Waals surface area contributed by atoms with Crippen molar-refractivity contribution in [2.45, 2.75) is 13.8 Å². The number of pyridine rings is 1. The zero-order valence-corrected chi connectivity index (χ0v) is 13.2. The molecule has 0 bridgehead atoms. The molecule has 1 aromatic carbocycles. The van der Waals surface area contributed by atoms with Gasteiger partial charge in [0.1, 0.15) is 4.60 Å². The molecule has 0 atom stereocenters. The van der Waals surface area contributed by atoms with Crippen LogP contribution in [0.1, 0.15) is 22.8 Å². The molecule has 0 aliphatic heterocycles. The van der Waals surface area contributed by atoms with E-state index in [2.05, 4.69) is 31.5 Å². The second-order valence-electron chi connectivity index (χ2n) is 4.53. The van der Waals surface area contributed by atoms with Crippen LogP contribution >= 0.6 is 15.9 Å². The summed E-state index contributed by atoms with van der Waals surface area (Å²) in [5.74, 6) is -0.393. The van der Waals surface area contributed by atoms with Crippen LogP contribution in [0.4, 0.5) is 11.4 Å². The van der Waals surface area contributed by atoms with Crippen molar-refractivity contribution in [2.75, 3.05) is 10.6 Å². The molecule has 0 unspecified atom stereocenters. The third-order valence-corrected chi connectivity index (χ3v) is 3.23. The zero-order valence-electron chi connectivity index (χ0n) is 11.6. The molecule has 0 aliphatic rings. The largest absolute Gasteiger partial charge is 0.326 e. The number of aryl methyl sites for hydroxylation is 1. The molecule has 6 heteroatoms. The van der Waals surface area contributed by atoms with Crippen molar-refractivity contribution in [3.05, 3.63) is 52.3 Å². The Morgan fingerprint density at radius 1 is 1.14 bits per heavy atom. The fraction of sp³-hybridized carbons (Fsp3) is 0.133. The summed E-state index contributed by atoms with van der Waals surface area (Å²) >= 11 is 3.23. The Balaban J connectivity index is 2.19. The topological polar surface area (TPSA) is 71.1 Å². The molecule has 2 N–H and O–H groups in total. The number of amides is 2. The van der Waals surface area contributed by atoms with Crippen LogP contribution in [0.3, 0.4) is 0 Å². The Morgan fingerprint density at radius 2 is 1.90 bits per heavy atom. The van der Waals surface area contributed by atoms with Gasteiger partial charge in [0, 0.05) is 30.1 Å². The maximum absolute atomic E-state index is 12.1. The summed E-state index contributed by atoms with van der Waals surface area (Å²) in [4.78, 5) is 27.3. The SMILES string of the molecule is CC(=O)Nc1cc(NC(=O)c2ccnc(Br)c2)ccc1C. The molecule has 2 amide bonds. The van der Waals surface area contributed by atoms with Gasteiger partial charge >= 0.3 is 0 Å². The maximum Gasteiger partial charge on any atom is 0.255 e. The van der Waals surface area contributed by atoms with Gasteiger partial charge in [0.2, 0.25) is 5.91 Å². The lowest BCUT2D eigenvalue weighted by Gasteiger charge is -2.10. The number of halogens is 1. The van der Waals surface area contributed by atoms with Crippen LogP contribution in [0.15, 0.2) is 41.1 Å². The van der Waals surface area contributed by atoms with E-state index in [0.29, 0.717) is 21.5 Å². The van der Waals surface area contributed by atoms with Crippen molar-refractivity contribution in [1.29, 1.82) is 0 Å². The first-order valence-corrected chi connectivity index (χ1v) is 7.06. The van der Waals surface area contributed by atoms with E-state index in [0.717, 1.165) is 5.56 Å². The normalized spacial score (nSPS) is 10.0. The molecule has 108 valence electrons. The predicted molar refractivity (Wildman–Crippen MR) is 85.4 cm³/mol. The van der Waals surface area contributed by atoms with Crippen LogP contribution in [-0.2, 0) is 4.79 Å². The van der Waals surface area contributed by atoms with Crippen molar-refractivity contribution in [3.63, 3.8) is 0 Å². The Bertz CT molecular complexity index is 701. The quantitative estimate of drug-likeness (QED) is 0.836. The number of hydrogen-bond donors (Lipinski definition) is 2.